The lowest BCUT2D eigenvalue weighted by atomic mass is 10.0. The van der Waals surface area contributed by atoms with E-state index < -0.39 is 0 Å². The molecule has 1 saturated heterocycles. The summed E-state index contributed by atoms with van der Waals surface area (Å²) in [7, 11) is 0. The van der Waals surface area contributed by atoms with Gasteiger partial charge in [-0.25, -0.2) is 4.39 Å². The number of phenols is 1. The third-order valence-electron chi connectivity index (χ3n) is 2.71. The van der Waals surface area contributed by atoms with E-state index in [0.717, 1.165) is 19.6 Å². The van der Waals surface area contributed by atoms with Crippen molar-refractivity contribution < 1.29 is 9.50 Å². The van der Waals surface area contributed by atoms with Crippen molar-refractivity contribution in [1.29, 1.82) is 0 Å². The summed E-state index contributed by atoms with van der Waals surface area (Å²) in [5.41, 5.74) is 1.22. The maximum atomic E-state index is 13.2. The van der Waals surface area contributed by atoms with E-state index >= 15 is 0 Å². The molecule has 0 bridgehead atoms. The van der Waals surface area contributed by atoms with Gasteiger partial charge in [-0.05, 0) is 24.6 Å². The Kier molecular flexibility index (Phi) is 4.53. The highest BCUT2D eigenvalue weighted by Crippen LogP contribution is 2.28. The fraction of sp³-hybridized carbons (Fsp3) is 0.455. The quantitative estimate of drug-likeness (QED) is 0.704. The number of aryl methyl sites for hydroxylation is 1. The Morgan fingerprint density at radius 3 is 2.75 bits per heavy atom. The number of nitrogens with one attached hydrogen (secondary N) is 2. The average molecular weight is 247 g/mol. The highest BCUT2D eigenvalue weighted by atomic mass is 35.5. The Labute approximate surface area is 100 Å². The van der Waals surface area contributed by atoms with Crippen LogP contribution in [-0.2, 0) is 0 Å². The Balaban J connectivity index is 0.00000128. The summed E-state index contributed by atoms with van der Waals surface area (Å²) in [6, 6.07) is 2.73. The molecule has 0 saturated carbocycles. The molecule has 1 fully saturated rings. The molecule has 0 radical (unpaired) electrons. The number of aromatic hydroxyl groups is 1. The predicted octanol–water partition coefficient (Wildman–Crippen LogP) is 1.50. The van der Waals surface area contributed by atoms with Gasteiger partial charge in [-0.1, -0.05) is 0 Å². The van der Waals surface area contributed by atoms with Crippen molar-refractivity contribution in [3.8, 4) is 5.75 Å². The number of benzene rings is 1. The topological polar surface area (TPSA) is 44.3 Å². The lowest BCUT2D eigenvalue weighted by molar-refractivity contribution is 0.400. The highest BCUT2D eigenvalue weighted by molar-refractivity contribution is 5.85. The van der Waals surface area contributed by atoms with E-state index in [1.165, 1.54) is 12.1 Å². The molecule has 1 aromatic carbocycles. The second kappa shape index (κ2) is 5.48. The van der Waals surface area contributed by atoms with Crippen LogP contribution in [0.1, 0.15) is 17.2 Å². The zero-order valence-electron chi connectivity index (χ0n) is 9.09. The van der Waals surface area contributed by atoms with Gasteiger partial charge < -0.3 is 15.7 Å². The fourth-order valence-corrected chi connectivity index (χ4v) is 1.90. The van der Waals surface area contributed by atoms with Crippen LogP contribution in [0.5, 0.6) is 5.75 Å². The number of hydrogen-bond acceptors (Lipinski definition) is 3. The molecule has 0 spiro atoms. The van der Waals surface area contributed by atoms with Gasteiger partial charge in [-0.15, -0.1) is 12.4 Å². The molecule has 0 amide bonds. The highest BCUT2D eigenvalue weighted by Gasteiger charge is 2.19. The van der Waals surface area contributed by atoms with Crippen molar-refractivity contribution in [2.75, 3.05) is 19.6 Å². The van der Waals surface area contributed by atoms with Crippen LogP contribution in [0.15, 0.2) is 12.1 Å². The molecule has 90 valence electrons. The van der Waals surface area contributed by atoms with E-state index in [9.17, 15) is 9.50 Å². The van der Waals surface area contributed by atoms with Crippen molar-refractivity contribution in [2.45, 2.75) is 13.0 Å². The van der Waals surface area contributed by atoms with Crippen LogP contribution in [-0.4, -0.2) is 24.7 Å². The third-order valence-corrected chi connectivity index (χ3v) is 2.71. The Bertz CT molecular complexity index is 367. The van der Waals surface area contributed by atoms with Crippen LogP contribution in [0.3, 0.4) is 0 Å². The summed E-state index contributed by atoms with van der Waals surface area (Å²) < 4.78 is 13.2. The minimum absolute atomic E-state index is 0. The SMILES string of the molecule is Cc1cc(F)cc([C@@H]2CNCCN2)c1O.Cl. The van der Waals surface area contributed by atoms with Gasteiger partial charge in [0.05, 0.1) is 0 Å². The Hall–Kier alpha value is -0.840. The first-order valence-corrected chi connectivity index (χ1v) is 5.11. The minimum Gasteiger partial charge on any atom is -0.507 e. The summed E-state index contributed by atoms with van der Waals surface area (Å²) >= 11 is 0. The molecule has 5 heteroatoms. The predicted molar refractivity (Wildman–Crippen MR) is 63.7 cm³/mol. The van der Waals surface area contributed by atoms with E-state index in [2.05, 4.69) is 10.6 Å². The number of hydrogen-bond donors (Lipinski definition) is 3. The van der Waals surface area contributed by atoms with E-state index in [1.807, 2.05) is 0 Å². The van der Waals surface area contributed by atoms with E-state index in [-0.39, 0.29) is 30.0 Å². The van der Waals surface area contributed by atoms with Crippen LogP contribution in [0.25, 0.3) is 0 Å². The zero-order valence-corrected chi connectivity index (χ0v) is 9.90. The summed E-state index contributed by atoms with van der Waals surface area (Å²) in [4.78, 5) is 0. The molecule has 1 aromatic rings. The van der Waals surface area contributed by atoms with Crippen LogP contribution in [0.2, 0.25) is 0 Å². The van der Waals surface area contributed by atoms with E-state index in [0.29, 0.717) is 11.1 Å². The lowest BCUT2D eigenvalue weighted by Crippen LogP contribution is -2.42. The zero-order chi connectivity index (χ0) is 10.8. The molecule has 0 unspecified atom stereocenters. The Morgan fingerprint density at radius 1 is 1.38 bits per heavy atom. The first kappa shape index (κ1) is 13.2. The molecular formula is C11H16ClFN2O. The molecule has 2 rings (SSSR count). The van der Waals surface area contributed by atoms with Crippen molar-refractivity contribution in [1.82, 2.24) is 10.6 Å². The van der Waals surface area contributed by atoms with Crippen molar-refractivity contribution in [3.05, 3.63) is 29.1 Å². The van der Waals surface area contributed by atoms with Gasteiger partial charge in [0.1, 0.15) is 11.6 Å². The van der Waals surface area contributed by atoms with Gasteiger partial charge in [0.2, 0.25) is 0 Å². The molecule has 3 N–H and O–H groups in total. The van der Waals surface area contributed by atoms with E-state index in [1.54, 1.807) is 6.92 Å². The molecule has 1 atom stereocenters. The number of phenolic OH excluding ortho intramolecular Hbond substituents is 1. The molecule has 16 heavy (non-hydrogen) atoms. The van der Waals surface area contributed by atoms with Crippen LogP contribution in [0, 0.1) is 12.7 Å². The monoisotopic (exact) mass is 246 g/mol. The molecule has 0 aliphatic carbocycles. The lowest BCUT2D eigenvalue weighted by Gasteiger charge is -2.25. The molecular weight excluding hydrogens is 231 g/mol. The van der Waals surface area contributed by atoms with Gasteiger partial charge in [0.25, 0.3) is 0 Å². The van der Waals surface area contributed by atoms with E-state index in [4.69, 9.17) is 0 Å². The Morgan fingerprint density at radius 2 is 2.12 bits per heavy atom. The summed E-state index contributed by atoms with van der Waals surface area (Å²) in [6.07, 6.45) is 0. The minimum atomic E-state index is -0.298. The molecule has 1 heterocycles. The molecule has 3 nitrogen and oxygen atoms in total. The standard InChI is InChI=1S/C11H15FN2O.ClH/c1-7-4-8(12)5-9(11(7)15)10-6-13-2-3-14-10;/h4-5,10,13-15H,2-3,6H2,1H3;1H/t10-;/m0./s1. The molecule has 1 aliphatic heterocycles. The smallest absolute Gasteiger partial charge is 0.124 e. The maximum absolute atomic E-state index is 13.2. The summed E-state index contributed by atoms with van der Waals surface area (Å²) in [5, 5.41) is 16.3. The van der Waals surface area contributed by atoms with Gasteiger partial charge in [-0.2, -0.15) is 0 Å². The first-order valence-electron chi connectivity index (χ1n) is 5.11. The van der Waals surface area contributed by atoms with Crippen LogP contribution < -0.4 is 10.6 Å². The second-order valence-electron chi connectivity index (χ2n) is 3.87. The number of piperazine rings is 1. The normalized spacial score (nSPS) is 20.2. The first-order chi connectivity index (χ1) is 7.18. The largest absolute Gasteiger partial charge is 0.507 e. The number of halogens is 2. The van der Waals surface area contributed by atoms with Crippen molar-refractivity contribution in [2.24, 2.45) is 0 Å². The molecule has 0 aromatic heterocycles. The van der Waals surface area contributed by atoms with Gasteiger partial charge >= 0.3 is 0 Å². The second-order valence-corrected chi connectivity index (χ2v) is 3.87. The van der Waals surface area contributed by atoms with Gasteiger partial charge in [0, 0.05) is 31.2 Å². The van der Waals surface area contributed by atoms with Gasteiger partial charge in [-0.3, -0.25) is 0 Å². The van der Waals surface area contributed by atoms with Crippen molar-refractivity contribution >= 4 is 12.4 Å². The average Bonchev–Trinajstić information content (AvgIpc) is 2.24. The van der Waals surface area contributed by atoms with Crippen molar-refractivity contribution in [3.63, 3.8) is 0 Å². The summed E-state index contributed by atoms with van der Waals surface area (Å²) in [6.45, 7) is 4.17. The summed E-state index contributed by atoms with van der Waals surface area (Å²) in [5.74, 6) is -0.106. The van der Waals surface area contributed by atoms with Crippen LogP contribution >= 0.6 is 12.4 Å². The maximum Gasteiger partial charge on any atom is 0.124 e. The fourth-order valence-electron chi connectivity index (χ4n) is 1.90. The third kappa shape index (κ3) is 2.64. The van der Waals surface area contributed by atoms with Gasteiger partial charge in [0.15, 0.2) is 0 Å². The van der Waals surface area contributed by atoms with Crippen LogP contribution in [0.4, 0.5) is 4.39 Å². The number of rotatable bonds is 1. The molecule has 1 aliphatic rings.